The van der Waals surface area contributed by atoms with E-state index in [1.165, 1.54) is 25.9 Å². The van der Waals surface area contributed by atoms with Crippen LogP contribution in [-0.2, 0) is 0 Å². The number of H-pyrrole nitrogens is 2. The van der Waals surface area contributed by atoms with E-state index in [0.29, 0.717) is 6.61 Å². The van der Waals surface area contributed by atoms with Gasteiger partial charge in [-0.25, -0.2) is 9.97 Å². The monoisotopic (exact) mass is 439 g/mol. The molecule has 0 amide bonds. The van der Waals surface area contributed by atoms with Crippen LogP contribution < -0.4 is 4.74 Å². The van der Waals surface area contributed by atoms with Crippen LogP contribution in [0.25, 0.3) is 44.8 Å². The quantitative estimate of drug-likeness (QED) is 0.348. The number of aromatic nitrogens is 4. The predicted molar refractivity (Wildman–Crippen MR) is 129 cm³/mol. The van der Waals surface area contributed by atoms with Crippen LogP contribution in [0.15, 0.2) is 60.7 Å². The number of hydrogen-bond acceptors (Lipinski definition) is 5. The Labute approximate surface area is 191 Å². The lowest BCUT2D eigenvalue weighted by Gasteiger charge is -2.14. The molecule has 3 N–H and O–H groups in total. The van der Waals surface area contributed by atoms with Gasteiger partial charge < -0.3 is 19.8 Å². The minimum atomic E-state index is 0.220. The summed E-state index contributed by atoms with van der Waals surface area (Å²) in [6, 6.07) is 19.2. The van der Waals surface area contributed by atoms with Gasteiger partial charge in [-0.15, -0.1) is 0 Å². The molecule has 1 aliphatic rings. The van der Waals surface area contributed by atoms with Gasteiger partial charge in [0.2, 0.25) is 0 Å². The number of nitrogens with zero attached hydrogens (tertiary/aromatic N) is 3. The third-order valence-corrected chi connectivity index (χ3v) is 6.23. The lowest BCUT2D eigenvalue weighted by Crippen LogP contribution is -2.25. The fraction of sp³-hybridized carbons (Fsp3) is 0.231. The minimum Gasteiger partial charge on any atom is -0.508 e. The molecule has 166 valence electrons. The van der Waals surface area contributed by atoms with Gasteiger partial charge in [-0.1, -0.05) is 24.3 Å². The van der Waals surface area contributed by atoms with E-state index in [9.17, 15) is 5.11 Å². The molecule has 1 aliphatic heterocycles. The molecule has 1 saturated heterocycles. The van der Waals surface area contributed by atoms with Gasteiger partial charge in [0.25, 0.3) is 0 Å². The molecule has 6 rings (SSSR count). The molecule has 0 spiro atoms. The number of nitrogens with one attached hydrogen (secondary N) is 2. The highest BCUT2D eigenvalue weighted by Crippen LogP contribution is 2.27. The van der Waals surface area contributed by atoms with Crippen LogP contribution in [0, 0.1) is 0 Å². The molecular weight excluding hydrogens is 414 g/mol. The number of aromatic amines is 2. The Balaban J connectivity index is 1.19. The minimum absolute atomic E-state index is 0.220. The molecule has 7 heteroatoms. The summed E-state index contributed by atoms with van der Waals surface area (Å²) in [6.45, 7) is 4.05. The van der Waals surface area contributed by atoms with Crippen molar-refractivity contribution >= 4 is 22.1 Å². The molecular formula is C26H25N5O2. The molecule has 33 heavy (non-hydrogen) atoms. The van der Waals surface area contributed by atoms with Crippen LogP contribution in [0.1, 0.15) is 12.8 Å². The summed E-state index contributed by atoms with van der Waals surface area (Å²) in [6.07, 6.45) is 2.60. The van der Waals surface area contributed by atoms with Crippen LogP contribution in [0.4, 0.5) is 0 Å². The van der Waals surface area contributed by atoms with E-state index in [-0.39, 0.29) is 5.75 Å². The average Bonchev–Trinajstić information content (AvgIpc) is 3.58. The smallest absolute Gasteiger partial charge is 0.138 e. The van der Waals surface area contributed by atoms with Crippen molar-refractivity contribution in [3.05, 3.63) is 60.7 Å². The summed E-state index contributed by atoms with van der Waals surface area (Å²) >= 11 is 0. The van der Waals surface area contributed by atoms with Crippen LogP contribution >= 0.6 is 0 Å². The number of ether oxygens (including phenoxy) is 1. The van der Waals surface area contributed by atoms with Gasteiger partial charge >= 0.3 is 0 Å². The number of imidazole rings is 2. The standard InChI is InChI=1S/C26H25N5O2/c32-19-7-9-21-23(15-19)29-25(27-21)17-3-5-18(6-4-17)26-28-22-10-8-20(16-24(22)30-26)33-14-13-31-11-1-2-12-31/h3-10,15-16,32H,1-2,11-14H2,(H,27,29)(H,28,30). The summed E-state index contributed by atoms with van der Waals surface area (Å²) in [5, 5.41) is 9.67. The molecule has 3 heterocycles. The Morgan fingerprint density at radius 3 is 2.06 bits per heavy atom. The highest BCUT2D eigenvalue weighted by molar-refractivity contribution is 5.82. The van der Waals surface area contributed by atoms with Crippen LogP contribution in [0.3, 0.4) is 0 Å². The normalized spacial score (nSPS) is 14.4. The number of aromatic hydroxyl groups is 1. The van der Waals surface area contributed by atoms with Gasteiger partial charge in [0.05, 0.1) is 22.1 Å². The van der Waals surface area contributed by atoms with E-state index in [2.05, 4.69) is 19.9 Å². The number of phenolic OH excluding ortho intramolecular Hbond substituents is 1. The topological polar surface area (TPSA) is 90.1 Å². The largest absolute Gasteiger partial charge is 0.508 e. The Morgan fingerprint density at radius 2 is 1.39 bits per heavy atom. The summed E-state index contributed by atoms with van der Waals surface area (Å²) in [5.74, 6) is 2.67. The third kappa shape index (κ3) is 4.03. The summed E-state index contributed by atoms with van der Waals surface area (Å²) in [4.78, 5) is 18.5. The van der Waals surface area contributed by atoms with Crippen molar-refractivity contribution in [2.75, 3.05) is 26.2 Å². The molecule has 7 nitrogen and oxygen atoms in total. The molecule has 0 saturated carbocycles. The van der Waals surface area contributed by atoms with Gasteiger partial charge in [-0.05, 0) is 50.2 Å². The van der Waals surface area contributed by atoms with Gasteiger partial charge in [-0.2, -0.15) is 0 Å². The summed E-state index contributed by atoms with van der Waals surface area (Å²) < 4.78 is 5.97. The van der Waals surface area contributed by atoms with Gasteiger partial charge in [-0.3, -0.25) is 4.90 Å². The highest BCUT2D eigenvalue weighted by Gasteiger charge is 2.12. The first-order chi connectivity index (χ1) is 16.2. The Hall–Kier alpha value is -3.84. The lowest BCUT2D eigenvalue weighted by atomic mass is 10.1. The van der Waals surface area contributed by atoms with Gasteiger partial charge in [0.1, 0.15) is 29.8 Å². The van der Waals surface area contributed by atoms with E-state index in [1.54, 1.807) is 18.2 Å². The zero-order valence-electron chi connectivity index (χ0n) is 18.2. The Morgan fingerprint density at radius 1 is 0.788 bits per heavy atom. The number of likely N-dealkylation sites (tertiary alicyclic amines) is 1. The molecule has 0 bridgehead atoms. The number of hydrogen-bond donors (Lipinski definition) is 3. The highest BCUT2D eigenvalue weighted by atomic mass is 16.5. The second-order valence-corrected chi connectivity index (χ2v) is 8.53. The summed E-state index contributed by atoms with van der Waals surface area (Å²) in [7, 11) is 0. The van der Waals surface area contributed by atoms with E-state index in [1.807, 2.05) is 42.5 Å². The van der Waals surface area contributed by atoms with Gasteiger partial charge in [0, 0.05) is 29.8 Å². The second kappa shape index (κ2) is 8.26. The maximum absolute atomic E-state index is 9.67. The average molecular weight is 440 g/mol. The molecule has 5 aromatic rings. The maximum atomic E-state index is 9.67. The Bertz CT molecular complexity index is 1410. The number of phenols is 1. The van der Waals surface area contributed by atoms with Crippen LogP contribution in [0.2, 0.25) is 0 Å². The first kappa shape index (κ1) is 19.8. The third-order valence-electron chi connectivity index (χ3n) is 6.23. The molecule has 0 aliphatic carbocycles. The zero-order chi connectivity index (χ0) is 22.2. The first-order valence-corrected chi connectivity index (χ1v) is 11.4. The van der Waals surface area contributed by atoms with Crippen LogP contribution in [-0.4, -0.2) is 56.2 Å². The molecule has 0 atom stereocenters. The van der Waals surface area contributed by atoms with Crippen molar-refractivity contribution < 1.29 is 9.84 Å². The van der Waals surface area contributed by atoms with Crippen molar-refractivity contribution in [2.45, 2.75) is 12.8 Å². The van der Waals surface area contributed by atoms with Crippen molar-refractivity contribution in [1.29, 1.82) is 0 Å². The van der Waals surface area contributed by atoms with E-state index < -0.39 is 0 Å². The summed E-state index contributed by atoms with van der Waals surface area (Å²) in [5.41, 5.74) is 5.48. The van der Waals surface area contributed by atoms with Crippen molar-refractivity contribution in [3.63, 3.8) is 0 Å². The van der Waals surface area contributed by atoms with Crippen molar-refractivity contribution in [3.8, 4) is 34.3 Å². The molecule has 0 unspecified atom stereocenters. The number of rotatable bonds is 6. The Kier molecular flexibility index (Phi) is 4.96. The zero-order valence-corrected chi connectivity index (χ0v) is 18.2. The molecule has 1 fully saturated rings. The molecule has 0 radical (unpaired) electrons. The lowest BCUT2D eigenvalue weighted by molar-refractivity contribution is 0.238. The van der Waals surface area contributed by atoms with Crippen molar-refractivity contribution in [1.82, 2.24) is 24.8 Å². The molecule has 2 aromatic heterocycles. The maximum Gasteiger partial charge on any atom is 0.138 e. The predicted octanol–water partition coefficient (Wildman–Crippen LogP) is 4.95. The van der Waals surface area contributed by atoms with Crippen LogP contribution in [0.5, 0.6) is 11.5 Å². The fourth-order valence-electron chi connectivity index (χ4n) is 4.43. The first-order valence-electron chi connectivity index (χ1n) is 11.4. The number of fused-ring (bicyclic) bond motifs is 2. The SMILES string of the molecule is Oc1ccc2nc(-c3ccc(-c4nc5ccc(OCCN6CCCC6)cc5[nH]4)cc3)[nH]c2c1. The van der Waals surface area contributed by atoms with E-state index in [4.69, 9.17) is 9.72 Å². The van der Waals surface area contributed by atoms with E-state index >= 15 is 0 Å². The fourth-order valence-corrected chi connectivity index (χ4v) is 4.43. The molecule has 3 aromatic carbocycles. The van der Waals surface area contributed by atoms with E-state index in [0.717, 1.165) is 57.1 Å². The second-order valence-electron chi connectivity index (χ2n) is 8.53. The number of benzene rings is 3. The van der Waals surface area contributed by atoms with Gasteiger partial charge in [0.15, 0.2) is 0 Å². The van der Waals surface area contributed by atoms with Crippen molar-refractivity contribution in [2.24, 2.45) is 0 Å².